The lowest BCUT2D eigenvalue weighted by Crippen LogP contribution is -2.52. The first kappa shape index (κ1) is 15.0. The average Bonchev–Trinajstić information content (AvgIpc) is 2.40. The van der Waals surface area contributed by atoms with Crippen LogP contribution in [0.1, 0.15) is 42.6 Å². The van der Waals surface area contributed by atoms with Crippen LogP contribution in [0.3, 0.4) is 0 Å². The predicted molar refractivity (Wildman–Crippen MR) is 78.3 cm³/mol. The minimum absolute atomic E-state index is 0.171. The van der Waals surface area contributed by atoms with E-state index in [1.807, 2.05) is 0 Å². The van der Waals surface area contributed by atoms with Crippen LogP contribution in [0.5, 0.6) is 0 Å². The van der Waals surface area contributed by atoms with Crippen molar-refractivity contribution in [3.63, 3.8) is 0 Å². The Bertz CT molecular complexity index is 499. The molecule has 1 atom stereocenters. The van der Waals surface area contributed by atoms with Crippen molar-refractivity contribution in [3.05, 3.63) is 35.1 Å². The van der Waals surface area contributed by atoms with Crippen molar-refractivity contribution in [3.8, 4) is 0 Å². The van der Waals surface area contributed by atoms with Gasteiger partial charge in [0.1, 0.15) is 5.82 Å². The van der Waals surface area contributed by atoms with Gasteiger partial charge in [0.25, 0.3) is 5.91 Å². The molecule has 3 nitrogen and oxygen atoms in total. The monoisotopic (exact) mass is 278 g/mol. The number of nitrogens with one attached hydrogen (secondary N) is 2. The molecular weight excluding hydrogens is 255 g/mol. The van der Waals surface area contributed by atoms with Gasteiger partial charge in [-0.3, -0.25) is 4.79 Å². The highest BCUT2D eigenvalue weighted by molar-refractivity contribution is 5.94. The average molecular weight is 278 g/mol. The third-order valence-electron chi connectivity index (χ3n) is 4.23. The van der Waals surface area contributed by atoms with Gasteiger partial charge in [-0.2, -0.15) is 0 Å². The fourth-order valence-electron chi connectivity index (χ4n) is 2.65. The number of benzene rings is 1. The summed E-state index contributed by atoms with van der Waals surface area (Å²) in [4.78, 5) is 12.1. The summed E-state index contributed by atoms with van der Waals surface area (Å²) in [5, 5.41) is 6.35. The molecule has 1 fully saturated rings. The number of piperidine rings is 1. The first-order valence-electron chi connectivity index (χ1n) is 7.18. The van der Waals surface area contributed by atoms with E-state index in [-0.39, 0.29) is 23.2 Å². The molecule has 0 saturated carbocycles. The molecule has 0 radical (unpaired) electrons. The highest BCUT2D eigenvalue weighted by Gasteiger charge is 2.31. The van der Waals surface area contributed by atoms with Crippen LogP contribution in [0.2, 0.25) is 0 Å². The maximum absolute atomic E-state index is 13.5. The largest absolute Gasteiger partial charge is 0.350 e. The number of carbonyl (C=O) groups is 1. The third kappa shape index (κ3) is 3.37. The van der Waals surface area contributed by atoms with Crippen molar-refractivity contribution in [2.75, 3.05) is 13.1 Å². The molecule has 1 heterocycles. The Morgan fingerprint density at radius 1 is 1.50 bits per heavy atom. The zero-order valence-electron chi connectivity index (χ0n) is 12.4. The minimum Gasteiger partial charge on any atom is -0.350 e. The van der Waals surface area contributed by atoms with Gasteiger partial charge in [-0.25, -0.2) is 4.39 Å². The van der Waals surface area contributed by atoms with Crippen molar-refractivity contribution >= 4 is 5.91 Å². The SMILES string of the molecule is Cc1ccc(C(=O)NCC2NCCCC2(C)C)cc1F. The molecule has 1 aromatic rings. The molecule has 1 aromatic carbocycles. The van der Waals surface area contributed by atoms with Crippen LogP contribution < -0.4 is 10.6 Å². The number of carbonyl (C=O) groups excluding carboxylic acids is 1. The zero-order chi connectivity index (χ0) is 14.8. The highest BCUT2D eigenvalue weighted by atomic mass is 19.1. The highest BCUT2D eigenvalue weighted by Crippen LogP contribution is 2.29. The molecule has 1 unspecified atom stereocenters. The molecular formula is C16H23FN2O. The number of amides is 1. The molecule has 0 spiro atoms. The number of rotatable bonds is 3. The summed E-state index contributed by atoms with van der Waals surface area (Å²) < 4.78 is 13.5. The van der Waals surface area contributed by atoms with Crippen molar-refractivity contribution in [1.82, 2.24) is 10.6 Å². The van der Waals surface area contributed by atoms with Crippen molar-refractivity contribution < 1.29 is 9.18 Å². The Kier molecular flexibility index (Phi) is 4.43. The van der Waals surface area contributed by atoms with Gasteiger partial charge in [0.05, 0.1) is 0 Å². The van der Waals surface area contributed by atoms with E-state index < -0.39 is 0 Å². The Balaban J connectivity index is 1.96. The smallest absolute Gasteiger partial charge is 0.251 e. The molecule has 0 bridgehead atoms. The molecule has 1 saturated heterocycles. The second kappa shape index (κ2) is 5.92. The first-order chi connectivity index (χ1) is 9.40. The summed E-state index contributed by atoms with van der Waals surface area (Å²) >= 11 is 0. The van der Waals surface area contributed by atoms with Gasteiger partial charge in [0.15, 0.2) is 0 Å². The van der Waals surface area contributed by atoms with E-state index in [0.717, 1.165) is 13.0 Å². The van der Waals surface area contributed by atoms with Crippen molar-refractivity contribution in [2.45, 2.75) is 39.7 Å². The van der Waals surface area contributed by atoms with Crippen LogP contribution in [-0.4, -0.2) is 25.0 Å². The summed E-state index contributed by atoms with van der Waals surface area (Å²) in [7, 11) is 0. The summed E-state index contributed by atoms with van der Waals surface area (Å²) in [5.74, 6) is -0.555. The normalized spacial score (nSPS) is 21.5. The van der Waals surface area contributed by atoms with E-state index in [2.05, 4.69) is 24.5 Å². The van der Waals surface area contributed by atoms with Crippen molar-refractivity contribution in [2.24, 2.45) is 5.41 Å². The molecule has 20 heavy (non-hydrogen) atoms. The van der Waals surface area contributed by atoms with Crippen LogP contribution >= 0.6 is 0 Å². The Hall–Kier alpha value is -1.42. The molecule has 4 heteroatoms. The molecule has 110 valence electrons. The van der Waals surface area contributed by atoms with Gasteiger partial charge in [-0.05, 0) is 49.4 Å². The van der Waals surface area contributed by atoms with E-state index in [0.29, 0.717) is 17.7 Å². The molecule has 0 aromatic heterocycles. The number of hydrogen-bond donors (Lipinski definition) is 2. The fourth-order valence-corrected chi connectivity index (χ4v) is 2.65. The van der Waals surface area contributed by atoms with Gasteiger partial charge in [-0.15, -0.1) is 0 Å². The Morgan fingerprint density at radius 3 is 2.90 bits per heavy atom. The van der Waals surface area contributed by atoms with Crippen LogP contribution in [0, 0.1) is 18.2 Å². The Labute approximate surface area is 120 Å². The van der Waals surface area contributed by atoms with Gasteiger partial charge in [0, 0.05) is 18.2 Å². The molecule has 1 amide bonds. The first-order valence-corrected chi connectivity index (χ1v) is 7.18. The topological polar surface area (TPSA) is 41.1 Å². The van der Waals surface area contributed by atoms with Crippen molar-refractivity contribution in [1.29, 1.82) is 0 Å². The zero-order valence-corrected chi connectivity index (χ0v) is 12.4. The second-order valence-corrected chi connectivity index (χ2v) is 6.27. The molecule has 2 rings (SSSR count). The predicted octanol–water partition coefficient (Wildman–Crippen LogP) is 2.64. The van der Waals surface area contributed by atoms with Gasteiger partial charge in [0.2, 0.25) is 0 Å². The lowest BCUT2D eigenvalue weighted by Gasteiger charge is -2.39. The van der Waals surface area contributed by atoms with Gasteiger partial charge >= 0.3 is 0 Å². The van der Waals surface area contributed by atoms with E-state index in [1.54, 1.807) is 19.1 Å². The van der Waals surface area contributed by atoms with Crippen LogP contribution in [0.25, 0.3) is 0 Å². The molecule has 1 aliphatic rings. The third-order valence-corrected chi connectivity index (χ3v) is 4.23. The van der Waals surface area contributed by atoms with E-state index in [9.17, 15) is 9.18 Å². The summed E-state index contributed by atoms with van der Waals surface area (Å²) in [6, 6.07) is 4.85. The number of halogens is 1. The lowest BCUT2D eigenvalue weighted by molar-refractivity contribution is 0.0928. The lowest BCUT2D eigenvalue weighted by atomic mass is 9.77. The van der Waals surface area contributed by atoms with Crippen LogP contribution in [-0.2, 0) is 0 Å². The maximum Gasteiger partial charge on any atom is 0.251 e. The Morgan fingerprint density at radius 2 is 2.25 bits per heavy atom. The maximum atomic E-state index is 13.5. The van der Waals surface area contributed by atoms with E-state index in [4.69, 9.17) is 0 Å². The number of aryl methyl sites for hydroxylation is 1. The van der Waals surface area contributed by atoms with Gasteiger partial charge < -0.3 is 10.6 Å². The fraction of sp³-hybridized carbons (Fsp3) is 0.562. The second-order valence-electron chi connectivity index (χ2n) is 6.27. The standard InChI is InChI=1S/C16H23FN2O/c1-11-5-6-12(9-13(11)17)15(20)19-10-14-16(2,3)7-4-8-18-14/h5-6,9,14,18H,4,7-8,10H2,1-3H3,(H,19,20). The molecule has 2 N–H and O–H groups in total. The quantitative estimate of drug-likeness (QED) is 0.892. The summed E-state index contributed by atoms with van der Waals surface area (Å²) in [6.07, 6.45) is 2.32. The summed E-state index contributed by atoms with van der Waals surface area (Å²) in [6.45, 7) is 7.67. The molecule has 1 aliphatic heterocycles. The van der Waals surface area contributed by atoms with E-state index >= 15 is 0 Å². The molecule has 0 aliphatic carbocycles. The minimum atomic E-state index is -0.339. The van der Waals surface area contributed by atoms with Gasteiger partial charge in [-0.1, -0.05) is 19.9 Å². The summed E-state index contributed by atoms with van der Waals surface area (Å²) in [5.41, 5.74) is 1.10. The number of hydrogen-bond acceptors (Lipinski definition) is 2. The van der Waals surface area contributed by atoms with Crippen LogP contribution in [0.15, 0.2) is 18.2 Å². The van der Waals surface area contributed by atoms with E-state index in [1.165, 1.54) is 12.5 Å². The van der Waals surface area contributed by atoms with Crippen LogP contribution in [0.4, 0.5) is 4.39 Å².